The Balaban J connectivity index is 1.61. The van der Waals surface area contributed by atoms with E-state index in [4.69, 9.17) is 4.74 Å². The lowest BCUT2D eigenvalue weighted by atomic mass is 9.88. The Morgan fingerprint density at radius 2 is 1.85 bits per heavy atom. The fraction of sp³-hybridized carbons (Fsp3) is 1.00. The van der Waals surface area contributed by atoms with Crippen molar-refractivity contribution in [2.75, 3.05) is 26.2 Å². The van der Waals surface area contributed by atoms with Gasteiger partial charge in [0.15, 0.2) is 0 Å². The smallest absolute Gasteiger partial charge is 0.0666 e. The van der Waals surface area contributed by atoms with E-state index in [2.05, 4.69) is 24.1 Å². The number of nitrogens with one attached hydrogen (secondary N) is 1. The molecule has 0 amide bonds. The number of nitrogens with zero attached hydrogens (tertiary/aromatic N) is 1. The number of hydrogen-bond donors (Lipinski definition) is 1. The van der Waals surface area contributed by atoms with Crippen molar-refractivity contribution >= 4 is 0 Å². The summed E-state index contributed by atoms with van der Waals surface area (Å²) in [4.78, 5) is 2.88. The van der Waals surface area contributed by atoms with Gasteiger partial charge in [-0.15, -0.1) is 0 Å². The van der Waals surface area contributed by atoms with Crippen molar-refractivity contribution < 1.29 is 4.74 Å². The molecule has 0 aromatic rings. The average Bonchev–Trinajstić information content (AvgIpc) is 3.30. The first-order valence-electron chi connectivity index (χ1n) is 8.80. The Morgan fingerprint density at radius 3 is 2.50 bits per heavy atom. The molecule has 1 saturated carbocycles. The third kappa shape index (κ3) is 3.55. The molecule has 2 aliphatic heterocycles. The minimum Gasteiger partial charge on any atom is -0.375 e. The Kier molecular flexibility index (Phi) is 4.68. The van der Waals surface area contributed by atoms with Gasteiger partial charge in [0.05, 0.1) is 5.60 Å². The highest BCUT2D eigenvalue weighted by Crippen LogP contribution is 2.37. The van der Waals surface area contributed by atoms with Crippen molar-refractivity contribution in [3.05, 3.63) is 0 Å². The Bertz CT molecular complexity index is 312. The first-order chi connectivity index (χ1) is 9.70. The fourth-order valence-electron chi connectivity index (χ4n) is 4.00. The van der Waals surface area contributed by atoms with Gasteiger partial charge in [-0.2, -0.15) is 0 Å². The molecule has 3 fully saturated rings. The topological polar surface area (TPSA) is 24.5 Å². The molecule has 20 heavy (non-hydrogen) atoms. The van der Waals surface area contributed by atoms with E-state index in [1.807, 2.05) is 0 Å². The summed E-state index contributed by atoms with van der Waals surface area (Å²) < 4.78 is 6.05. The number of piperidine rings is 1. The Morgan fingerprint density at radius 1 is 1.10 bits per heavy atom. The Labute approximate surface area is 124 Å². The van der Waals surface area contributed by atoms with Crippen LogP contribution < -0.4 is 5.32 Å². The maximum Gasteiger partial charge on any atom is 0.0666 e. The summed E-state index contributed by atoms with van der Waals surface area (Å²) in [5.41, 5.74) is 0.129. The van der Waals surface area contributed by atoms with Crippen molar-refractivity contribution in [3.8, 4) is 0 Å². The van der Waals surface area contributed by atoms with Crippen LogP contribution in [0.25, 0.3) is 0 Å². The van der Waals surface area contributed by atoms with E-state index in [0.717, 1.165) is 31.0 Å². The molecule has 0 radical (unpaired) electrons. The van der Waals surface area contributed by atoms with Crippen molar-refractivity contribution in [1.29, 1.82) is 0 Å². The normalized spacial score (nSPS) is 36.5. The van der Waals surface area contributed by atoms with Gasteiger partial charge in [0, 0.05) is 25.2 Å². The van der Waals surface area contributed by atoms with Crippen LogP contribution in [0.1, 0.15) is 58.8 Å². The molecule has 3 rings (SSSR count). The molecule has 0 aromatic heterocycles. The van der Waals surface area contributed by atoms with Crippen LogP contribution in [0.4, 0.5) is 0 Å². The molecule has 2 heterocycles. The largest absolute Gasteiger partial charge is 0.375 e. The first kappa shape index (κ1) is 14.8. The zero-order chi connectivity index (χ0) is 14.0. The predicted molar refractivity (Wildman–Crippen MR) is 83.0 cm³/mol. The monoisotopic (exact) mass is 280 g/mol. The van der Waals surface area contributed by atoms with Gasteiger partial charge in [0.1, 0.15) is 0 Å². The molecule has 3 heteroatoms. The fourth-order valence-corrected chi connectivity index (χ4v) is 4.00. The van der Waals surface area contributed by atoms with Gasteiger partial charge in [0.25, 0.3) is 0 Å². The molecule has 1 N–H and O–H groups in total. The van der Waals surface area contributed by atoms with Crippen molar-refractivity contribution in [2.45, 2.75) is 76.5 Å². The highest BCUT2D eigenvalue weighted by atomic mass is 16.5. The van der Waals surface area contributed by atoms with E-state index >= 15 is 0 Å². The van der Waals surface area contributed by atoms with E-state index in [-0.39, 0.29) is 5.60 Å². The molecule has 1 aliphatic carbocycles. The van der Waals surface area contributed by atoms with E-state index in [0.29, 0.717) is 0 Å². The molecule has 2 unspecified atom stereocenters. The lowest BCUT2D eigenvalue weighted by Crippen LogP contribution is -2.50. The van der Waals surface area contributed by atoms with Crippen LogP contribution in [0.3, 0.4) is 0 Å². The Hall–Kier alpha value is -0.120. The molecular weight excluding hydrogens is 248 g/mol. The minimum absolute atomic E-state index is 0.129. The van der Waals surface area contributed by atoms with Gasteiger partial charge in [0.2, 0.25) is 0 Å². The zero-order valence-electron chi connectivity index (χ0n) is 13.4. The molecule has 3 nitrogen and oxygen atoms in total. The van der Waals surface area contributed by atoms with Crippen LogP contribution in [0.5, 0.6) is 0 Å². The van der Waals surface area contributed by atoms with Crippen LogP contribution in [0.15, 0.2) is 0 Å². The summed E-state index contributed by atoms with van der Waals surface area (Å²) >= 11 is 0. The van der Waals surface area contributed by atoms with E-state index < -0.39 is 0 Å². The summed E-state index contributed by atoms with van der Waals surface area (Å²) in [5, 5.41) is 3.50. The second-order valence-electron chi connectivity index (χ2n) is 7.42. The predicted octanol–water partition coefficient (Wildman–Crippen LogP) is 2.80. The van der Waals surface area contributed by atoms with Crippen molar-refractivity contribution in [1.82, 2.24) is 10.2 Å². The summed E-state index contributed by atoms with van der Waals surface area (Å²) in [7, 11) is 0. The molecule has 2 saturated heterocycles. The van der Waals surface area contributed by atoms with Crippen LogP contribution in [0.2, 0.25) is 0 Å². The van der Waals surface area contributed by atoms with Crippen LogP contribution in [-0.4, -0.2) is 48.8 Å². The van der Waals surface area contributed by atoms with Gasteiger partial charge in [-0.3, -0.25) is 4.90 Å². The second-order valence-corrected chi connectivity index (χ2v) is 7.42. The number of ether oxygens (including phenoxy) is 1. The SMILES string of the molecule is CCC1(C)CC(N(CC2CCNCC2)C2CC2)CCO1. The van der Waals surface area contributed by atoms with Gasteiger partial charge in [-0.1, -0.05) is 6.92 Å². The zero-order valence-corrected chi connectivity index (χ0v) is 13.4. The van der Waals surface area contributed by atoms with Gasteiger partial charge in [-0.05, 0) is 70.9 Å². The summed E-state index contributed by atoms with van der Waals surface area (Å²) in [5.74, 6) is 0.924. The summed E-state index contributed by atoms with van der Waals surface area (Å²) in [6.07, 6.45) is 9.25. The maximum atomic E-state index is 6.05. The van der Waals surface area contributed by atoms with Crippen LogP contribution in [0, 0.1) is 5.92 Å². The maximum absolute atomic E-state index is 6.05. The van der Waals surface area contributed by atoms with Gasteiger partial charge in [-0.25, -0.2) is 0 Å². The molecule has 3 aliphatic rings. The number of rotatable bonds is 5. The van der Waals surface area contributed by atoms with E-state index in [9.17, 15) is 0 Å². The van der Waals surface area contributed by atoms with Crippen molar-refractivity contribution in [3.63, 3.8) is 0 Å². The summed E-state index contributed by atoms with van der Waals surface area (Å²) in [6.45, 7) is 9.35. The van der Waals surface area contributed by atoms with E-state index in [1.54, 1.807) is 0 Å². The quantitative estimate of drug-likeness (QED) is 0.838. The average molecular weight is 280 g/mol. The third-order valence-electron chi connectivity index (χ3n) is 5.73. The molecule has 0 spiro atoms. The molecule has 0 bridgehead atoms. The lowest BCUT2D eigenvalue weighted by Gasteiger charge is -2.44. The summed E-state index contributed by atoms with van der Waals surface area (Å²) in [6, 6.07) is 1.67. The lowest BCUT2D eigenvalue weighted by molar-refractivity contribution is -0.0995. The van der Waals surface area contributed by atoms with Crippen molar-refractivity contribution in [2.24, 2.45) is 5.92 Å². The van der Waals surface area contributed by atoms with E-state index in [1.165, 1.54) is 58.2 Å². The van der Waals surface area contributed by atoms with Crippen LogP contribution in [-0.2, 0) is 4.74 Å². The highest BCUT2D eigenvalue weighted by molar-refractivity contribution is 4.95. The highest BCUT2D eigenvalue weighted by Gasteiger charge is 2.40. The molecule has 116 valence electrons. The molecule has 0 aromatic carbocycles. The minimum atomic E-state index is 0.129. The standard InChI is InChI=1S/C17H32N2O/c1-3-17(2)12-16(8-11-20-17)19(15-4-5-15)13-14-6-9-18-10-7-14/h14-16,18H,3-13H2,1-2H3. The van der Waals surface area contributed by atoms with Gasteiger partial charge >= 0.3 is 0 Å². The molecule has 2 atom stereocenters. The van der Waals surface area contributed by atoms with Gasteiger partial charge < -0.3 is 10.1 Å². The van der Waals surface area contributed by atoms with Crippen LogP contribution >= 0.6 is 0 Å². The number of hydrogen-bond acceptors (Lipinski definition) is 3. The third-order valence-corrected chi connectivity index (χ3v) is 5.73. The first-order valence-corrected chi connectivity index (χ1v) is 8.80. The second kappa shape index (κ2) is 6.33. The molecular formula is C17H32N2O.